The Hall–Kier alpha value is -2.09. The zero-order chi connectivity index (χ0) is 18.7. The van der Waals surface area contributed by atoms with E-state index in [0.29, 0.717) is 25.4 Å². The van der Waals surface area contributed by atoms with E-state index in [9.17, 15) is 8.42 Å². The summed E-state index contributed by atoms with van der Waals surface area (Å²) in [6, 6.07) is 14.2. The van der Waals surface area contributed by atoms with Crippen molar-refractivity contribution in [1.82, 2.24) is 9.21 Å². The maximum atomic E-state index is 13.1. The number of para-hydroxylation sites is 1. The van der Waals surface area contributed by atoms with E-state index in [4.69, 9.17) is 9.47 Å². The second-order valence-electron chi connectivity index (χ2n) is 6.28. The highest BCUT2D eigenvalue weighted by atomic mass is 32.2. The molecule has 2 aromatic rings. The van der Waals surface area contributed by atoms with E-state index in [1.165, 1.54) is 0 Å². The van der Waals surface area contributed by atoms with Crippen molar-refractivity contribution in [3.05, 3.63) is 54.1 Å². The van der Waals surface area contributed by atoms with Gasteiger partial charge in [-0.2, -0.15) is 4.31 Å². The van der Waals surface area contributed by atoms with E-state index < -0.39 is 10.0 Å². The fraction of sp³-hybridized carbons (Fsp3) is 0.368. The summed E-state index contributed by atoms with van der Waals surface area (Å²) in [4.78, 5) is 2.44. The van der Waals surface area contributed by atoms with Crippen LogP contribution in [0, 0.1) is 0 Å². The van der Waals surface area contributed by atoms with Crippen molar-refractivity contribution in [1.29, 1.82) is 0 Å². The fourth-order valence-corrected chi connectivity index (χ4v) is 4.68. The van der Waals surface area contributed by atoms with Crippen LogP contribution in [0.3, 0.4) is 0 Å². The molecule has 1 saturated heterocycles. The van der Waals surface area contributed by atoms with E-state index >= 15 is 0 Å². The van der Waals surface area contributed by atoms with Gasteiger partial charge in [0.15, 0.2) is 0 Å². The van der Waals surface area contributed by atoms with Gasteiger partial charge in [-0.3, -0.25) is 4.90 Å². The number of hydrogen-bond acceptors (Lipinski definition) is 5. The molecule has 140 valence electrons. The molecule has 26 heavy (non-hydrogen) atoms. The highest BCUT2D eigenvalue weighted by molar-refractivity contribution is 7.89. The third kappa shape index (κ3) is 3.56. The first-order valence-electron chi connectivity index (χ1n) is 8.44. The van der Waals surface area contributed by atoms with Crippen molar-refractivity contribution in [2.75, 3.05) is 40.9 Å². The number of hydrogen-bond donors (Lipinski definition) is 0. The highest BCUT2D eigenvalue weighted by Crippen LogP contribution is 2.33. The summed E-state index contributed by atoms with van der Waals surface area (Å²) in [5.74, 6) is 1.40. The molecule has 0 aliphatic carbocycles. The Morgan fingerprint density at radius 1 is 0.962 bits per heavy atom. The molecule has 3 rings (SSSR count). The average molecular weight is 376 g/mol. The predicted octanol–water partition coefficient (Wildman–Crippen LogP) is 2.38. The molecule has 1 atom stereocenters. The minimum absolute atomic E-state index is 0.0621. The number of benzene rings is 2. The van der Waals surface area contributed by atoms with Crippen molar-refractivity contribution < 1.29 is 17.9 Å². The summed E-state index contributed by atoms with van der Waals surface area (Å²) in [7, 11) is 1.64. The normalized spacial score (nSPS) is 19.3. The van der Waals surface area contributed by atoms with Crippen molar-refractivity contribution in [2.45, 2.75) is 10.9 Å². The molecule has 0 amide bonds. The number of likely N-dealkylation sites (N-methyl/N-ethyl adjacent to an activating group) is 1. The smallest absolute Gasteiger partial charge is 0.243 e. The number of rotatable bonds is 5. The van der Waals surface area contributed by atoms with Gasteiger partial charge in [0.05, 0.1) is 25.2 Å². The standard InChI is InChI=1S/C19H24N2O4S/c1-20-12-13-21(14-18(20)17-6-4-5-7-19(17)25-3)26(22,23)16-10-8-15(24-2)9-11-16/h4-11,18H,12-14H2,1-3H3. The largest absolute Gasteiger partial charge is 0.497 e. The quantitative estimate of drug-likeness (QED) is 0.802. The lowest BCUT2D eigenvalue weighted by Crippen LogP contribution is -2.48. The van der Waals surface area contributed by atoms with E-state index in [-0.39, 0.29) is 10.9 Å². The maximum Gasteiger partial charge on any atom is 0.243 e. The molecule has 2 aromatic carbocycles. The van der Waals surface area contributed by atoms with Crippen molar-refractivity contribution in [3.63, 3.8) is 0 Å². The minimum atomic E-state index is -3.56. The molecule has 6 nitrogen and oxygen atoms in total. The SMILES string of the molecule is COc1ccc(S(=O)(=O)N2CCN(C)C(c3ccccc3OC)C2)cc1. The van der Waals surface area contributed by atoms with Gasteiger partial charge < -0.3 is 9.47 Å². The van der Waals surface area contributed by atoms with Crippen LogP contribution < -0.4 is 9.47 Å². The number of sulfonamides is 1. The van der Waals surface area contributed by atoms with E-state index in [0.717, 1.165) is 11.3 Å². The zero-order valence-electron chi connectivity index (χ0n) is 15.3. The molecule has 0 aromatic heterocycles. The van der Waals surface area contributed by atoms with Crippen LogP contribution in [0.25, 0.3) is 0 Å². The van der Waals surface area contributed by atoms with Crippen LogP contribution in [0.4, 0.5) is 0 Å². The van der Waals surface area contributed by atoms with Gasteiger partial charge in [0, 0.05) is 25.2 Å². The number of ether oxygens (including phenoxy) is 2. The molecular formula is C19H24N2O4S. The molecule has 0 radical (unpaired) electrons. The van der Waals surface area contributed by atoms with Gasteiger partial charge in [0.25, 0.3) is 0 Å². The summed E-state index contributed by atoms with van der Waals surface area (Å²) < 4.78 is 38.3. The molecule has 0 saturated carbocycles. The second kappa shape index (κ2) is 7.65. The van der Waals surface area contributed by atoms with Gasteiger partial charge in [0.2, 0.25) is 10.0 Å². The molecule has 1 fully saturated rings. The lowest BCUT2D eigenvalue weighted by Gasteiger charge is -2.39. The third-order valence-corrected chi connectivity index (χ3v) is 6.69. The van der Waals surface area contributed by atoms with Gasteiger partial charge in [0.1, 0.15) is 11.5 Å². The number of nitrogens with zero attached hydrogens (tertiary/aromatic N) is 2. The van der Waals surface area contributed by atoms with E-state index in [1.807, 2.05) is 31.3 Å². The maximum absolute atomic E-state index is 13.1. The molecule has 0 N–H and O–H groups in total. The summed E-state index contributed by atoms with van der Waals surface area (Å²) in [6.45, 7) is 1.49. The van der Waals surface area contributed by atoms with Crippen molar-refractivity contribution >= 4 is 10.0 Å². The minimum Gasteiger partial charge on any atom is -0.497 e. The van der Waals surface area contributed by atoms with Crippen LogP contribution >= 0.6 is 0 Å². The van der Waals surface area contributed by atoms with Crippen LogP contribution in [-0.2, 0) is 10.0 Å². The molecule has 0 bridgehead atoms. The lowest BCUT2D eigenvalue weighted by atomic mass is 10.0. The van der Waals surface area contributed by atoms with Gasteiger partial charge >= 0.3 is 0 Å². The third-order valence-electron chi connectivity index (χ3n) is 4.81. The van der Waals surface area contributed by atoms with Crippen LogP contribution in [0.1, 0.15) is 11.6 Å². The van der Waals surface area contributed by atoms with Crippen LogP contribution in [0.15, 0.2) is 53.4 Å². The Labute approximate surface area is 155 Å². The first kappa shape index (κ1) is 18.7. The Morgan fingerprint density at radius 3 is 2.31 bits per heavy atom. The van der Waals surface area contributed by atoms with Gasteiger partial charge in [-0.05, 0) is 37.4 Å². The van der Waals surface area contributed by atoms with E-state index in [1.54, 1.807) is 42.8 Å². The van der Waals surface area contributed by atoms with Crippen LogP contribution in [0.2, 0.25) is 0 Å². The summed E-state index contributed by atoms with van der Waals surface area (Å²) in [6.07, 6.45) is 0. The molecule has 1 aliphatic rings. The Balaban J connectivity index is 1.89. The van der Waals surface area contributed by atoms with Gasteiger partial charge in [-0.1, -0.05) is 18.2 Å². The Morgan fingerprint density at radius 2 is 1.65 bits per heavy atom. The summed E-state index contributed by atoms with van der Waals surface area (Å²) >= 11 is 0. The Bertz CT molecular complexity index is 852. The Kier molecular flexibility index (Phi) is 5.50. The first-order valence-corrected chi connectivity index (χ1v) is 9.88. The zero-order valence-corrected chi connectivity index (χ0v) is 16.1. The highest BCUT2D eigenvalue weighted by Gasteiger charge is 2.34. The van der Waals surface area contributed by atoms with Crippen LogP contribution in [0.5, 0.6) is 11.5 Å². The molecule has 1 unspecified atom stereocenters. The topological polar surface area (TPSA) is 59.1 Å². The fourth-order valence-electron chi connectivity index (χ4n) is 3.24. The molecule has 0 spiro atoms. The number of methoxy groups -OCH3 is 2. The van der Waals surface area contributed by atoms with Crippen molar-refractivity contribution in [3.8, 4) is 11.5 Å². The summed E-state index contributed by atoms with van der Waals surface area (Å²) in [5.41, 5.74) is 0.993. The lowest BCUT2D eigenvalue weighted by molar-refractivity contribution is 0.146. The van der Waals surface area contributed by atoms with E-state index in [2.05, 4.69) is 4.90 Å². The molecule has 1 aliphatic heterocycles. The predicted molar refractivity (Wildman–Crippen MR) is 100 cm³/mol. The second-order valence-corrected chi connectivity index (χ2v) is 8.21. The molecule has 7 heteroatoms. The average Bonchev–Trinajstić information content (AvgIpc) is 2.68. The van der Waals surface area contributed by atoms with Crippen molar-refractivity contribution in [2.24, 2.45) is 0 Å². The molecule has 1 heterocycles. The summed E-state index contributed by atoms with van der Waals surface area (Å²) in [5, 5.41) is 0. The molecular weight excluding hydrogens is 352 g/mol. The van der Waals surface area contributed by atoms with Gasteiger partial charge in [-0.15, -0.1) is 0 Å². The van der Waals surface area contributed by atoms with Gasteiger partial charge in [-0.25, -0.2) is 8.42 Å². The first-order chi connectivity index (χ1) is 12.5. The van der Waals surface area contributed by atoms with Crippen LogP contribution in [-0.4, -0.2) is 58.5 Å². The monoisotopic (exact) mass is 376 g/mol. The number of piperazine rings is 1.